The van der Waals surface area contributed by atoms with E-state index in [0.717, 1.165) is 6.42 Å². The minimum atomic E-state index is -3.24. The van der Waals surface area contributed by atoms with Crippen LogP contribution in [0.5, 0.6) is 0 Å². The Morgan fingerprint density at radius 3 is 2.05 bits per heavy atom. The van der Waals surface area contributed by atoms with E-state index in [-0.39, 0.29) is 16.4 Å². The second-order valence-corrected chi connectivity index (χ2v) is 7.00. The standard InChI is InChI=1S/C17H18O3S/c1-2-3-13-21(19,20)16-11-9-15(10-12-16)17(18)14-7-5-4-6-8-14/h4-12H,2-3,13H2,1H3. The van der Waals surface area contributed by atoms with Gasteiger partial charge in [-0.05, 0) is 30.7 Å². The molecule has 0 aliphatic heterocycles. The van der Waals surface area contributed by atoms with Gasteiger partial charge in [0.15, 0.2) is 15.6 Å². The predicted octanol–water partition coefficient (Wildman–Crippen LogP) is 3.49. The van der Waals surface area contributed by atoms with Crippen molar-refractivity contribution in [3.05, 3.63) is 65.7 Å². The van der Waals surface area contributed by atoms with Gasteiger partial charge in [0.2, 0.25) is 0 Å². The molecule has 2 rings (SSSR count). The van der Waals surface area contributed by atoms with Crippen molar-refractivity contribution in [2.24, 2.45) is 0 Å². The molecule has 0 fully saturated rings. The maximum atomic E-state index is 12.2. The van der Waals surface area contributed by atoms with Gasteiger partial charge in [0.25, 0.3) is 0 Å². The largest absolute Gasteiger partial charge is 0.289 e. The van der Waals surface area contributed by atoms with E-state index >= 15 is 0 Å². The van der Waals surface area contributed by atoms with E-state index in [9.17, 15) is 13.2 Å². The first kappa shape index (κ1) is 15.4. The van der Waals surface area contributed by atoms with E-state index < -0.39 is 9.84 Å². The van der Waals surface area contributed by atoms with Gasteiger partial charge in [0.1, 0.15) is 0 Å². The van der Waals surface area contributed by atoms with E-state index in [1.54, 1.807) is 36.4 Å². The van der Waals surface area contributed by atoms with Gasteiger partial charge in [0, 0.05) is 11.1 Å². The van der Waals surface area contributed by atoms with E-state index in [1.165, 1.54) is 12.1 Å². The number of benzene rings is 2. The van der Waals surface area contributed by atoms with Gasteiger partial charge in [-0.15, -0.1) is 0 Å². The first-order valence-electron chi connectivity index (χ1n) is 6.97. The molecule has 0 aromatic heterocycles. The van der Waals surface area contributed by atoms with Crippen LogP contribution >= 0.6 is 0 Å². The van der Waals surface area contributed by atoms with Crippen molar-refractivity contribution in [1.29, 1.82) is 0 Å². The van der Waals surface area contributed by atoms with E-state index in [2.05, 4.69) is 0 Å². The molecule has 3 nitrogen and oxygen atoms in total. The van der Waals surface area contributed by atoms with Crippen LogP contribution in [0.15, 0.2) is 59.5 Å². The Hall–Kier alpha value is -1.94. The number of ketones is 1. The van der Waals surface area contributed by atoms with Crippen molar-refractivity contribution in [2.75, 3.05) is 5.75 Å². The molecule has 0 spiro atoms. The van der Waals surface area contributed by atoms with Crippen LogP contribution in [0.2, 0.25) is 0 Å². The van der Waals surface area contributed by atoms with Crippen LogP contribution < -0.4 is 0 Å². The Balaban J connectivity index is 2.22. The summed E-state index contributed by atoms with van der Waals surface area (Å²) >= 11 is 0. The van der Waals surface area contributed by atoms with Crippen LogP contribution in [0.25, 0.3) is 0 Å². The van der Waals surface area contributed by atoms with Gasteiger partial charge in [-0.1, -0.05) is 43.7 Å². The number of rotatable bonds is 6. The molecule has 0 amide bonds. The average molecular weight is 302 g/mol. The second-order valence-electron chi connectivity index (χ2n) is 4.89. The van der Waals surface area contributed by atoms with Crippen LogP contribution in [0.3, 0.4) is 0 Å². The smallest absolute Gasteiger partial charge is 0.193 e. The molecule has 110 valence electrons. The third-order valence-electron chi connectivity index (χ3n) is 3.28. The molecule has 0 aliphatic rings. The van der Waals surface area contributed by atoms with Crippen molar-refractivity contribution in [2.45, 2.75) is 24.7 Å². The third-order valence-corrected chi connectivity index (χ3v) is 5.09. The molecule has 2 aromatic rings. The highest BCUT2D eigenvalue weighted by molar-refractivity contribution is 7.91. The quantitative estimate of drug-likeness (QED) is 0.767. The predicted molar refractivity (Wildman–Crippen MR) is 83.3 cm³/mol. The van der Waals surface area contributed by atoms with Crippen molar-refractivity contribution in [1.82, 2.24) is 0 Å². The summed E-state index contributed by atoms with van der Waals surface area (Å²) in [5.74, 6) is 0.0447. The van der Waals surface area contributed by atoms with Crippen LogP contribution in [0, 0.1) is 0 Å². The van der Waals surface area contributed by atoms with Gasteiger partial charge < -0.3 is 0 Å². The summed E-state index contributed by atoms with van der Waals surface area (Å²) in [7, 11) is -3.24. The molecule has 0 unspecified atom stereocenters. The van der Waals surface area contributed by atoms with Gasteiger partial charge in [-0.25, -0.2) is 8.42 Å². The lowest BCUT2D eigenvalue weighted by Crippen LogP contribution is -2.07. The van der Waals surface area contributed by atoms with Gasteiger partial charge in [0.05, 0.1) is 10.6 Å². The molecule has 0 N–H and O–H groups in total. The Labute approximate surface area is 125 Å². The summed E-state index contributed by atoms with van der Waals surface area (Å²) in [4.78, 5) is 12.5. The fourth-order valence-electron chi connectivity index (χ4n) is 2.02. The molecule has 2 aromatic carbocycles. The fourth-order valence-corrected chi connectivity index (χ4v) is 3.48. The van der Waals surface area contributed by atoms with E-state index in [4.69, 9.17) is 0 Å². The topological polar surface area (TPSA) is 51.2 Å². The number of hydrogen-bond donors (Lipinski definition) is 0. The molecule has 21 heavy (non-hydrogen) atoms. The highest BCUT2D eigenvalue weighted by atomic mass is 32.2. The highest BCUT2D eigenvalue weighted by Crippen LogP contribution is 2.16. The third kappa shape index (κ3) is 3.79. The Bertz CT molecular complexity index is 701. The monoisotopic (exact) mass is 302 g/mol. The molecule has 0 saturated carbocycles. The van der Waals surface area contributed by atoms with Crippen molar-refractivity contribution < 1.29 is 13.2 Å². The fraction of sp³-hybridized carbons (Fsp3) is 0.235. The van der Waals surface area contributed by atoms with Crippen LogP contribution in [0.1, 0.15) is 35.7 Å². The molecule has 0 radical (unpaired) electrons. The molecule has 0 heterocycles. The van der Waals surface area contributed by atoms with E-state index in [1.807, 2.05) is 13.0 Å². The molecule has 4 heteroatoms. The first-order chi connectivity index (χ1) is 10.0. The molecular weight excluding hydrogens is 284 g/mol. The molecule has 0 aliphatic carbocycles. The van der Waals surface area contributed by atoms with E-state index in [0.29, 0.717) is 17.5 Å². The molecular formula is C17H18O3S. The van der Waals surface area contributed by atoms with Crippen molar-refractivity contribution >= 4 is 15.6 Å². The molecule has 0 atom stereocenters. The molecule has 0 bridgehead atoms. The maximum absolute atomic E-state index is 12.2. The number of carbonyl (C=O) groups is 1. The summed E-state index contributed by atoms with van der Waals surface area (Å²) in [5.41, 5.74) is 1.09. The van der Waals surface area contributed by atoms with Crippen LogP contribution in [-0.4, -0.2) is 20.0 Å². The average Bonchev–Trinajstić information content (AvgIpc) is 2.53. The lowest BCUT2D eigenvalue weighted by molar-refractivity contribution is 0.103. The zero-order chi connectivity index (χ0) is 15.3. The highest BCUT2D eigenvalue weighted by Gasteiger charge is 2.15. The second kappa shape index (κ2) is 6.68. The number of sulfone groups is 1. The van der Waals surface area contributed by atoms with Crippen LogP contribution in [-0.2, 0) is 9.84 Å². The zero-order valence-electron chi connectivity index (χ0n) is 12.0. The zero-order valence-corrected chi connectivity index (χ0v) is 12.8. The number of hydrogen-bond acceptors (Lipinski definition) is 3. The minimum Gasteiger partial charge on any atom is -0.289 e. The van der Waals surface area contributed by atoms with Gasteiger partial charge in [-0.3, -0.25) is 4.79 Å². The summed E-state index contributed by atoms with van der Waals surface area (Å²) in [5, 5.41) is 0. The lowest BCUT2D eigenvalue weighted by Gasteiger charge is -2.05. The van der Waals surface area contributed by atoms with Crippen molar-refractivity contribution in [3.63, 3.8) is 0 Å². The SMILES string of the molecule is CCCCS(=O)(=O)c1ccc(C(=O)c2ccccc2)cc1. The Kier molecular flexibility index (Phi) is 4.91. The van der Waals surface area contributed by atoms with Crippen LogP contribution in [0.4, 0.5) is 0 Å². The Morgan fingerprint density at radius 1 is 0.905 bits per heavy atom. The maximum Gasteiger partial charge on any atom is 0.193 e. The number of unbranched alkanes of at least 4 members (excludes halogenated alkanes) is 1. The lowest BCUT2D eigenvalue weighted by atomic mass is 10.0. The van der Waals surface area contributed by atoms with Gasteiger partial charge >= 0.3 is 0 Å². The Morgan fingerprint density at radius 2 is 1.48 bits per heavy atom. The summed E-state index contributed by atoms with van der Waals surface area (Å²) in [6.45, 7) is 1.96. The summed E-state index contributed by atoms with van der Waals surface area (Å²) < 4.78 is 24.1. The minimum absolute atomic E-state index is 0.104. The summed E-state index contributed by atoms with van der Waals surface area (Å²) in [6.07, 6.45) is 1.48. The van der Waals surface area contributed by atoms with Crippen molar-refractivity contribution in [3.8, 4) is 0 Å². The van der Waals surface area contributed by atoms with Gasteiger partial charge in [-0.2, -0.15) is 0 Å². The molecule has 0 saturated heterocycles. The normalized spacial score (nSPS) is 11.3. The summed E-state index contributed by atoms with van der Waals surface area (Å²) in [6, 6.07) is 15.1. The first-order valence-corrected chi connectivity index (χ1v) is 8.62. The number of carbonyl (C=O) groups excluding carboxylic acids is 1.